The quantitative estimate of drug-likeness (QED) is 0.0954. The van der Waals surface area contributed by atoms with Gasteiger partial charge < -0.3 is 19.3 Å². The molecule has 0 saturated carbocycles. The van der Waals surface area contributed by atoms with Gasteiger partial charge in [-0.15, -0.1) is 0 Å². The number of benzene rings is 3. The third-order valence-electron chi connectivity index (χ3n) is 6.04. The SMILES string of the molecule is O=C(COc1ccc([S+](c2ccccc2)c2ccc(OCC(O)(C(F)(F)F)C(F)(F)F)cc2)cc1)OC(C(F)(F)F)C(F)(F)S(=O)(=O)O. The Bertz CT molecular complexity index is 1630. The number of carbonyl (C=O) groups is 1. The summed E-state index contributed by atoms with van der Waals surface area (Å²) in [5.41, 5.74) is -5.14. The molecule has 2 atom stereocenters. The van der Waals surface area contributed by atoms with Crippen LogP contribution in [0.15, 0.2) is 93.5 Å². The number of hydrogen-bond acceptors (Lipinski definition) is 7. The number of rotatable bonds is 12. The van der Waals surface area contributed by atoms with E-state index in [1.807, 2.05) is 0 Å². The van der Waals surface area contributed by atoms with Crippen molar-refractivity contribution >= 4 is 27.0 Å². The van der Waals surface area contributed by atoms with Gasteiger partial charge >= 0.3 is 39.9 Å². The zero-order valence-electron chi connectivity index (χ0n) is 23.3. The first-order valence-electron chi connectivity index (χ1n) is 12.6. The lowest BCUT2D eigenvalue weighted by atomic mass is 10.0. The van der Waals surface area contributed by atoms with Gasteiger partial charge in [-0.3, -0.25) is 4.55 Å². The van der Waals surface area contributed by atoms with E-state index in [9.17, 15) is 66.6 Å². The third-order valence-corrected chi connectivity index (χ3v) is 9.17. The van der Waals surface area contributed by atoms with Crippen molar-refractivity contribution in [3.05, 3.63) is 78.9 Å². The number of aliphatic hydroxyl groups is 1. The molecule has 0 amide bonds. The molecular weight excluding hydrogens is 725 g/mol. The molecule has 0 saturated heterocycles. The van der Waals surface area contributed by atoms with Crippen LogP contribution < -0.4 is 9.47 Å². The molecule has 0 aliphatic rings. The number of carbonyl (C=O) groups excluding carboxylic acids is 1. The fourth-order valence-electron chi connectivity index (χ4n) is 3.59. The Hall–Kier alpha value is -3.82. The van der Waals surface area contributed by atoms with Crippen molar-refractivity contribution in [2.75, 3.05) is 13.2 Å². The largest absolute Gasteiger partial charge is 0.490 e. The van der Waals surface area contributed by atoms with Crippen molar-refractivity contribution in [2.45, 2.75) is 50.2 Å². The predicted molar refractivity (Wildman–Crippen MR) is 142 cm³/mol. The molecule has 0 aromatic heterocycles. The Balaban J connectivity index is 1.79. The van der Waals surface area contributed by atoms with Gasteiger partial charge in [-0.2, -0.15) is 56.7 Å². The normalized spacial score (nSPS) is 14.6. The number of alkyl halides is 11. The molecule has 21 heteroatoms. The number of halogens is 11. The molecule has 2 N–H and O–H groups in total. The second kappa shape index (κ2) is 14.0. The topological polar surface area (TPSA) is 119 Å². The molecule has 3 aromatic carbocycles. The van der Waals surface area contributed by atoms with Crippen molar-refractivity contribution < 1.29 is 85.4 Å². The van der Waals surface area contributed by atoms with E-state index in [0.717, 1.165) is 12.1 Å². The van der Waals surface area contributed by atoms with Gasteiger partial charge in [-0.1, -0.05) is 18.2 Å². The van der Waals surface area contributed by atoms with Crippen molar-refractivity contribution in [2.24, 2.45) is 0 Å². The maximum absolute atomic E-state index is 13.6. The van der Waals surface area contributed by atoms with Gasteiger partial charge in [0.2, 0.25) is 0 Å². The summed E-state index contributed by atoms with van der Waals surface area (Å²) in [6, 6.07) is 18.3. The first kappa shape index (κ1) is 38.6. The predicted octanol–water partition coefficient (Wildman–Crippen LogP) is 6.35. The molecule has 0 spiro atoms. The molecule has 0 aliphatic heterocycles. The molecule has 3 rings (SSSR count). The lowest BCUT2D eigenvalue weighted by Gasteiger charge is -2.31. The Kier molecular flexibility index (Phi) is 11.2. The summed E-state index contributed by atoms with van der Waals surface area (Å²) >= 11 is 0. The lowest BCUT2D eigenvalue weighted by molar-refractivity contribution is -0.373. The molecular formula is C27H20F11O8S2+. The van der Waals surface area contributed by atoms with E-state index in [4.69, 9.17) is 9.29 Å². The summed E-state index contributed by atoms with van der Waals surface area (Å²) in [5.74, 6) is -2.72. The molecule has 0 aliphatic carbocycles. The van der Waals surface area contributed by atoms with Crippen LogP contribution >= 0.6 is 0 Å². The van der Waals surface area contributed by atoms with Gasteiger partial charge in [-0.05, 0) is 60.7 Å². The summed E-state index contributed by atoms with van der Waals surface area (Å²) in [6.45, 7) is -3.59. The monoisotopic (exact) mass is 745 g/mol. The molecule has 0 fully saturated rings. The van der Waals surface area contributed by atoms with E-state index in [1.54, 1.807) is 30.3 Å². The molecule has 0 radical (unpaired) electrons. The number of esters is 1. The van der Waals surface area contributed by atoms with Crippen LogP contribution in [-0.4, -0.2) is 72.7 Å². The van der Waals surface area contributed by atoms with Crippen LogP contribution in [0.2, 0.25) is 0 Å². The van der Waals surface area contributed by atoms with Gasteiger partial charge in [0.25, 0.3) is 11.7 Å². The fraction of sp³-hybridized carbons (Fsp3) is 0.296. The first-order valence-corrected chi connectivity index (χ1v) is 15.3. The molecule has 0 bridgehead atoms. The Morgan fingerprint density at radius 2 is 1.10 bits per heavy atom. The van der Waals surface area contributed by atoms with Crippen molar-refractivity contribution in [3.63, 3.8) is 0 Å². The van der Waals surface area contributed by atoms with Crippen LogP contribution in [0.3, 0.4) is 0 Å². The van der Waals surface area contributed by atoms with E-state index in [2.05, 4.69) is 9.47 Å². The Morgan fingerprint density at radius 3 is 1.50 bits per heavy atom. The standard InChI is InChI=1S/C27H19F11O8S2/c28-24(29,30)22(25(31,32)48(41,42)43)46-21(39)14-44-16-6-10-19(11-7-16)47(18-4-2-1-3-5-18)20-12-8-17(9-13-20)45-15-23(40,26(33,34)35)27(36,37)38/h1-13,22,40H,14-15H2/p+1. The van der Waals surface area contributed by atoms with E-state index in [1.165, 1.54) is 36.4 Å². The highest BCUT2D eigenvalue weighted by atomic mass is 32.2. The molecule has 0 heterocycles. The molecule has 264 valence electrons. The maximum atomic E-state index is 13.6. The minimum absolute atomic E-state index is 0.206. The van der Waals surface area contributed by atoms with Crippen LogP contribution in [0.5, 0.6) is 11.5 Å². The highest BCUT2D eigenvalue weighted by Crippen LogP contribution is 2.43. The second-order valence-electron chi connectivity index (χ2n) is 9.44. The summed E-state index contributed by atoms with van der Waals surface area (Å²) in [7, 11) is -7.68. The zero-order valence-corrected chi connectivity index (χ0v) is 24.9. The van der Waals surface area contributed by atoms with Crippen LogP contribution in [0.25, 0.3) is 0 Å². The first-order chi connectivity index (χ1) is 21.9. The van der Waals surface area contributed by atoms with Gasteiger partial charge in [0.15, 0.2) is 21.3 Å². The smallest absolute Gasteiger partial charge is 0.432 e. The third kappa shape index (κ3) is 8.80. The number of hydrogen-bond donors (Lipinski definition) is 2. The van der Waals surface area contributed by atoms with E-state index in [0.29, 0.717) is 14.7 Å². The van der Waals surface area contributed by atoms with Gasteiger partial charge in [0.1, 0.15) is 18.1 Å². The van der Waals surface area contributed by atoms with Crippen LogP contribution in [0, 0.1) is 0 Å². The lowest BCUT2D eigenvalue weighted by Crippen LogP contribution is -2.60. The van der Waals surface area contributed by atoms with E-state index < -0.39 is 81.4 Å². The van der Waals surface area contributed by atoms with Crippen molar-refractivity contribution in [1.29, 1.82) is 0 Å². The molecule has 8 nitrogen and oxygen atoms in total. The molecule has 2 unspecified atom stereocenters. The summed E-state index contributed by atoms with van der Waals surface area (Å²) in [6.07, 6.45) is -22.8. The zero-order chi connectivity index (χ0) is 36.3. The van der Waals surface area contributed by atoms with E-state index in [-0.39, 0.29) is 5.75 Å². The average molecular weight is 746 g/mol. The molecule has 48 heavy (non-hydrogen) atoms. The van der Waals surface area contributed by atoms with E-state index >= 15 is 0 Å². The summed E-state index contributed by atoms with van der Waals surface area (Å²) in [4.78, 5) is 13.4. The second-order valence-corrected chi connectivity index (χ2v) is 13.0. The van der Waals surface area contributed by atoms with Gasteiger partial charge in [-0.25, -0.2) is 4.79 Å². The highest BCUT2D eigenvalue weighted by molar-refractivity contribution is 7.97. The van der Waals surface area contributed by atoms with Crippen molar-refractivity contribution in [3.8, 4) is 11.5 Å². The fourth-order valence-corrected chi connectivity index (χ4v) is 6.10. The highest BCUT2D eigenvalue weighted by Gasteiger charge is 2.71. The van der Waals surface area contributed by atoms with Crippen molar-refractivity contribution in [1.82, 2.24) is 0 Å². The Labute approximate surface area is 266 Å². The molecule has 3 aromatic rings. The maximum Gasteiger partial charge on any atom is 0.432 e. The minimum atomic E-state index is -6.65. The minimum Gasteiger partial charge on any atom is -0.490 e. The van der Waals surface area contributed by atoms with Gasteiger partial charge in [0.05, 0.1) is 10.9 Å². The van der Waals surface area contributed by atoms with Gasteiger partial charge in [0, 0.05) is 0 Å². The van der Waals surface area contributed by atoms with Crippen LogP contribution in [0.1, 0.15) is 0 Å². The summed E-state index contributed by atoms with van der Waals surface area (Å²) < 4.78 is 187. The van der Waals surface area contributed by atoms with Crippen LogP contribution in [0.4, 0.5) is 48.3 Å². The number of ether oxygens (including phenoxy) is 3. The van der Waals surface area contributed by atoms with Crippen LogP contribution in [-0.2, 0) is 30.5 Å². The Morgan fingerprint density at radius 1 is 0.688 bits per heavy atom. The summed E-state index contributed by atoms with van der Waals surface area (Å²) in [5, 5.41) is 3.36. The average Bonchev–Trinajstić information content (AvgIpc) is 2.97.